The number of rotatable bonds is 6. The molecule has 0 radical (unpaired) electrons. The third kappa shape index (κ3) is 4.65. The fourth-order valence-electron chi connectivity index (χ4n) is 6.60. The summed E-state index contributed by atoms with van der Waals surface area (Å²) >= 11 is 6.12. The zero-order valence-electron chi connectivity index (χ0n) is 22.3. The summed E-state index contributed by atoms with van der Waals surface area (Å²) in [5.41, 5.74) is 1.75. The number of hydrogen-bond acceptors (Lipinski definition) is 5. The topological polar surface area (TPSA) is 91.7 Å². The van der Waals surface area contributed by atoms with E-state index in [0.29, 0.717) is 30.3 Å². The first-order chi connectivity index (χ1) is 19.3. The molecule has 3 atom stereocenters. The predicted octanol–water partition coefficient (Wildman–Crippen LogP) is 4.00. The van der Waals surface area contributed by atoms with Gasteiger partial charge in [-0.2, -0.15) is 0 Å². The van der Waals surface area contributed by atoms with Crippen LogP contribution in [-0.2, 0) is 29.0 Å². The van der Waals surface area contributed by atoms with E-state index >= 15 is 0 Å². The number of anilines is 1. The second-order valence-corrected chi connectivity index (χ2v) is 11.6. The number of nitrogens with zero attached hydrogens (tertiary/aromatic N) is 3. The number of piperidine rings is 1. The standard InChI is InChI=1S/C31H31ClN4O4/c1-2-20-8-12-25(13-9-20)36-29(39)31(28(38)33-30(36)40,15-21-6-10-24(32)11-7-21)19-34-16-22-14-23(18-34)26-4-3-5-27(37)35(26)17-22/h3-13,22-23H,2,14-19H2,1H3,(H,33,38,40)/t22-,23+,31+/m0/s1. The highest BCUT2D eigenvalue weighted by atomic mass is 35.5. The van der Waals surface area contributed by atoms with Crippen LogP contribution < -0.4 is 15.8 Å². The largest absolute Gasteiger partial charge is 0.335 e. The zero-order chi connectivity index (χ0) is 28.0. The van der Waals surface area contributed by atoms with Crippen LogP contribution in [0.1, 0.15) is 36.1 Å². The maximum Gasteiger partial charge on any atom is 0.335 e. The molecule has 0 saturated carbocycles. The van der Waals surface area contributed by atoms with Crippen LogP contribution in [0.2, 0.25) is 5.02 Å². The van der Waals surface area contributed by atoms with Gasteiger partial charge < -0.3 is 9.47 Å². The van der Waals surface area contributed by atoms with E-state index in [1.54, 1.807) is 36.4 Å². The van der Waals surface area contributed by atoms with Gasteiger partial charge in [0.2, 0.25) is 5.91 Å². The first-order valence-electron chi connectivity index (χ1n) is 13.7. The zero-order valence-corrected chi connectivity index (χ0v) is 23.1. The maximum absolute atomic E-state index is 14.4. The lowest BCUT2D eigenvalue weighted by Gasteiger charge is -2.47. The Kier molecular flexibility index (Phi) is 6.84. The first kappa shape index (κ1) is 26.5. The van der Waals surface area contributed by atoms with Crippen LogP contribution in [0.25, 0.3) is 0 Å². The number of halogens is 1. The number of urea groups is 1. The van der Waals surface area contributed by atoms with Gasteiger partial charge in [-0.25, -0.2) is 9.69 Å². The molecule has 0 unspecified atom stereocenters. The number of likely N-dealkylation sites (tertiary alicyclic amines) is 1. The number of hydrogen-bond donors (Lipinski definition) is 1. The number of amides is 4. The van der Waals surface area contributed by atoms with E-state index in [-0.39, 0.29) is 30.4 Å². The second-order valence-electron chi connectivity index (χ2n) is 11.2. The van der Waals surface area contributed by atoms with Crippen LogP contribution in [0.4, 0.5) is 10.5 Å². The van der Waals surface area contributed by atoms with E-state index in [2.05, 4.69) is 10.2 Å². The molecule has 0 spiro atoms. The Morgan fingerprint density at radius 2 is 1.62 bits per heavy atom. The predicted molar refractivity (Wildman–Crippen MR) is 152 cm³/mol. The molecular weight excluding hydrogens is 528 g/mol. The summed E-state index contributed by atoms with van der Waals surface area (Å²) in [4.78, 5) is 57.0. The first-order valence-corrected chi connectivity index (χ1v) is 14.1. The summed E-state index contributed by atoms with van der Waals surface area (Å²) in [6.45, 7) is 4.07. The summed E-state index contributed by atoms with van der Waals surface area (Å²) in [5.74, 6) is -0.783. The quantitative estimate of drug-likeness (QED) is 0.462. The number of fused-ring (bicyclic) bond motifs is 4. The highest BCUT2D eigenvalue weighted by molar-refractivity contribution is 6.31. The molecule has 6 rings (SSSR count). The SMILES string of the molecule is CCc1ccc(N2C(=O)NC(=O)[C@@](Cc3ccc(Cl)cc3)(CN3C[C@@H]4C[C@H](C3)c3cccc(=O)n3C4)C2=O)cc1. The number of carbonyl (C=O) groups excluding carboxylic acids is 3. The average molecular weight is 559 g/mol. The minimum Gasteiger partial charge on any atom is -0.312 e. The number of benzene rings is 2. The smallest absolute Gasteiger partial charge is 0.312 e. The maximum atomic E-state index is 14.4. The molecule has 2 aromatic carbocycles. The van der Waals surface area contributed by atoms with Crippen LogP contribution in [0, 0.1) is 11.3 Å². The molecule has 8 nitrogen and oxygen atoms in total. The number of nitrogens with one attached hydrogen (secondary N) is 1. The molecule has 3 aromatic rings. The van der Waals surface area contributed by atoms with Crippen molar-refractivity contribution in [3.63, 3.8) is 0 Å². The molecule has 0 aliphatic carbocycles. The third-order valence-electron chi connectivity index (χ3n) is 8.54. The Balaban J connectivity index is 1.37. The molecule has 2 saturated heterocycles. The highest BCUT2D eigenvalue weighted by Crippen LogP contribution is 2.39. The fourth-order valence-corrected chi connectivity index (χ4v) is 6.73. The van der Waals surface area contributed by atoms with Crippen LogP contribution in [0.5, 0.6) is 0 Å². The highest BCUT2D eigenvalue weighted by Gasteiger charge is 2.55. The van der Waals surface area contributed by atoms with Gasteiger partial charge in [-0.15, -0.1) is 0 Å². The van der Waals surface area contributed by atoms with Crippen molar-refractivity contribution >= 4 is 35.1 Å². The van der Waals surface area contributed by atoms with Crippen molar-refractivity contribution < 1.29 is 14.4 Å². The van der Waals surface area contributed by atoms with Gasteiger partial charge in [0.25, 0.3) is 11.5 Å². The van der Waals surface area contributed by atoms with Gasteiger partial charge in [0.15, 0.2) is 0 Å². The number of aromatic nitrogens is 1. The molecule has 9 heteroatoms. The third-order valence-corrected chi connectivity index (χ3v) is 8.79. The summed E-state index contributed by atoms with van der Waals surface area (Å²) < 4.78 is 1.86. The van der Waals surface area contributed by atoms with Gasteiger partial charge >= 0.3 is 6.03 Å². The Labute approximate surface area is 237 Å². The van der Waals surface area contributed by atoms with Crippen LogP contribution in [-0.4, -0.2) is 46.9 Å². The minimum absolute atomic E-state index is 0.00457. The van der Waals surface area contributed by atoms with Gasteiger partial charge in [0.05, 0.1) is 5.69 Å². The molecule has 1 aromatic heterocycles. The van der Waals surface area contributed by atoms with Gasteiger partial charge in [-0.05, 0) is 66.6 Å². The molecule has 2 fully saturated rings. The lowest BCUT2D eigenvalue weighted by molar-refractivity contribution is -0.144. The Hall–Kier alpha value is -3.75. The summed E-state index contributed by atoms with van der Waals surface area (Å²) in [7, 11) is 0. The summed E-state index contributed by atoms with van der Waals surface area (Å²) in [6.07, 6.45) is 1.90. The minimum atomic E-state index is -1.53. The molecule has 4 heterocycles. The van der Waals surface area contributed by atoms with Gasteiger partial charge in [0, 0.05) is 48.9 Å². The van der Waals surface area contributed by atoms with Crippen molar-refractivity contribution in [1.29, 1.82) is 0 Å². The Morgan fingerprint density at radius 1 is 0.900 bits per heavy atom. The van der Waals surface area contributed by atoms with E-state index in [1.165, 1.54) is 0 Å². The summed E-state index contributed by atoms with van der Waals surface area (Å²) in [5, 5.41) is 3.06. The van der Waals surface area contributed by atoms with Crippen LogP contribution in [0.3, 0.4) is 0 Å². The molecule has 206 valence electrons. The van der Waals surface area contributed by atoms with Crippen molar-refractivity contribution in [3.05, 3.63) is 98.9 Å². The molecular formula is C31H31ClN4O4. The van der Waals surface area contributed by atoms with Crippen LogP contribution >= 0.6 is 11.6 Å². The van der Waals surface area contributed by atoms with Crippen molar-refractivity contribution in [2.75, 3.05) is 24.5 Å². The van der Waals surface area contributed by atoms with Gasteiger partial charge in [-0.3, -0.25) is 19.7 Å². The number of carbonyl (C=O) groups is 3. The second kappa shape index (κ2) is 10.3. The molecule has 4 amide bonds. The molecule has 2 bridgehead atoms. The van der Waals surface area contributed by atoms with Crippen LogP contribution in [0.15, 0.2) is 71.5 Å². The van der Waals surface area contributed by atoms with E-state index in [4.69, 9.17) is 11.6 Å². The molecule has 3 aliphatic rings. The van der Waals surface area contributed by atoms with E-state index in [1.807, 2.05) is 41.8 Å². The number of aryl methyl sites for hydroxylation is 1. The van der Waals surface area contributed by atoms with Gasteiger partial charge in [-0.1, -0.05) is 48.9 Å². The van der Waals surface area contributed by atoms with E-state index in [9.17, 15) is 19.2 Å². The molecule has 1 N–H and O–H groups in total. The van der Waals surface area contributed by atoms with E-state index in [0.717, 1.165) is 34.6 Å². The monoisotopic (exact) mass is 558 g/mol. The van der Waals surface area contributed by atoms with Crippen molar-refractivity contribution in [3.8, 4) is 0 Å². The van der Waals surface area contributed by atoms with Gasteiger partial charge in [0.1, 0.15) is 5.41 Å². The molecule has 40 heavy (non-hydrogen) atoms. The number of imide groups is 2. The summed E-state index contributed by atoms with van der Waals surface area (Å²) in [6, 6.07) is 19.0. The average Bonchev–Trinajstić information content (AvgIpc) is 2.94. The lowest BCUT2D eigenvalue weighted by atomic mass is 9.75. The number of barbiturate groups is 1. The fraction of sp³-hybridized carbons (Fsp3) is 0.355. The van der Waals surface area contributed by atoms with Crippen molar-refractivity contribution in [2.24, 2.45) is 11.3 Å². The Bertz CT molecular complexity index is 1530. The molecule has 3 aliphatic heterocycles. The van der Waals surface area contributed by atoms with E-state index < -0.39 is 23.3 Å². The van der Waals surface area contributed by atoms with Crippen molar-refractivity contribution in [1.82, 2.24) is 14.8 Å². The lowest BCUT2D eigenvalue weighted by Crippen LogP contribution is -2.68. The normalized spacial score (nSPS) is 24.6. The Morgan fingerprint density at radius 3 is 2.35 bits per heavy atom. The van der Waals surface area contributed by atoms with Crippen molar-refractivity contribution in [2.45, 2.75) is 38.6 Å². The number of pyridine rings is 1.